The van der Waals surface area contributed by atoms with E-state index < -0.39 is 0 Å². The van der Waals surface area contributed by atoms with Crippen LogP contribution in [0.1, 0.15) is 42.4 Å². The van der Waals surface area contributed by atoms with E-state index in [1.165, 1.54) is 11.3 Å². The molecule has 0 aromatic carbocycles. The second-order valence-electron chi connectivity index (χ2n) is 6.17. The van der Waals surface area contributed by atoms with Gasteiger partial charge in [0.25, 0.3) is 5.91 Å². The molecule has 0 saturated heterocycles. The fraction of sp³-hybridized carbons (Fsp3) is 0.588. The molecule has 1 amide bonds. The quantitative estimate of drug-likeness (QED) is 0.830. The minimum atomic E-state index is 0.0281. The van der Waals surface area contributed by atoms with Crippen LogP contribution in [-0.4, -0.2) is 53.6 Å². The van der Waals surface area contributed by atoms with Crippen molar-refractivity contribution in [3.05, 3.63) is 16.8 Å². The normalized spacial score (nSPS) is 12.6. The molecule has 1 N–H and O–H groups in total. The van der Waals surface area contributed by atoms with Gasteiger partial charge >= 0.3 is 0 Å². The topological polar surface area (TPSA) is 67.3 Å². The van der Waals surface area contributed by atoms with Crippen LogP contribution in [0.25, 0.3) is 10.2 Å². The first kappa shape index (κ1) is 18.6. The zero-order valence-corrected chi connectivity index (χ0v) is 16.0. The van der Waals surface area contributed by atoms with Crippen molar-refractivity contribution < 1.29 is 9.53 Å². The Morgan fingerprint density at radius 1 is 1.42 bits per heavy atom. The molecule has 0 bridgehead atoms. The lowest BCUT2D eigenvalue weighted by atomic mass is 10.1. The summed E-state index contributed by atoms with van der Waals surface area (Å²) < 4.78 is 5.25. The Balaban J connectivity index is 2.44. The van der Waals surface area contributed by atoms with Crippen molar-refractivity contribution in [1.82, 2.24) is 14.9 Å². The van der Waals surface area contributed by atoms with Gasteiger partial charge in [-0.05, 0) is 32.8 Å². The fourth-order valence-corrected chi connectivity index (χ4v) is 3.57. The number of fused-ring (bicyclic) bond motifs is 1. The smallest absolute Gasteiger partial charge is 0.264 e. The Morgan fingerprint density at radius 3 is 2.71 bits per heavy atom. The maximum Gasteiger partial charge on any atom is 0.264 e. The third-order valence-electron chi connectivity index (χ3n) is 4.22. The van der Waals surface area contributed by atoms with E-state index >= 15 is 0 Å². The minimum Gasteiger partial charge on any atom is -0.383 e. The molecule has 0 aliphatic heterocycles. The number of nitrogens with one attached hydrogen (secondary N) is 1. The molecular formula is C17H26N4O2S. The third kappa shape index (κ3) is 3.67. The third-order valence-corrected chi connectivity index (χ3v) is 5.41. The average molecular weight is 350 g/mol. The number of hydrogen-bond donors (Lipinski definition) is 1. The number of nitrogens with zero attached hydrogens (tertiary/aromatic N) is 3. The summed E-state index contributed by atoms with van der Waals surface area (Å²) in [7, 11) is 3.52. The first-order valence-corrected chi connectivity index (χ1v) is 8.99. The number of aromatic nitrogens is 2. The standard InChI is InChI=1S/C17H26N4O2S/c1-7-12(8-23-6)20-15-13-11(4)14(17(22)21(5)10(2)3)24-16(13)19-9-18-15/h9-10,12H,7-8H2,1-6H3,(H,18,19,20)/t12-/m0/s1. The van der Waals surface area contributed by atoms with E-state index in [-0.39, 0.29) is 18.0 Å². The molecule has 0 spiro atoms. The second kappa shape index (κ2) is 7.90. The van der Waals surface area contributed by atoms with Crippen LogP contribution in [0.15, 0.2) is 6.33 Å². The molecule has 24 heavy (non-hydrogen) atoms. The average Bonchev–Trinajstić information content (AvgIpc) is 2.90. The van der Waals surface area contributed by atoms with Crippen LogP contribution in [0.5, 0.6) is 0 Å². The second-order valence-corrected chi connectivity index (χ2v) is 7.17. The van der Waals surface area contributed by atoms with Gasteiger partial charge in [-0.25, -0.2) is 9.97 Å². The predicted octanol–water partition coefficient (Wildman–Crippen LogP) is 3.32. The summed E-state index contributed by atoms with van der Waals surface area (Å²) in [4.78, 5) is 24.8. The summed E-state index contributed by atoms with van der Waals surface area (Å²) in [6.45, 7) is 8.68. The molecule has 1 atom stereocenters. The summed E-state index contributed by atoms with van der Waals surface area (Å²) in [5, 5.41) is 4.35. The minimum absolute atomic E-state index is 0.0281. The van der Waals surface area contributed by atoms with Crippen molar-refractivity contribution in [2.75, 3.05) is 26.1 Å². The van der Waals surface area contributed by atoms with Crippen molar-refractivity contribution in [2.24, 2.45) is 0 Å². The largest absolute Gasteiger partial charge is 0.383 e. The monoisotopic (exact) mass is 350 g/mol. The lowest BCUT2D eigenvalue weighted by Gasteiger charge is -2.21. The van der Waals surface area contributed by atoms with Crippen molar-refractivity contribution >= 4 is 33.3 Å². The Labute approximate surface area is 147 Å². The highest BCUT2D eigenvalue weighted by Crippen LogP contribution is 2.34. The Hall–Kier alpha value is -1.73. The zero-order chi connectivity index (χ0) is 17.9. The molecule has 0 unspecified atom stereocenters. The van der Waals surface area contributed by atoms with Crippen LogP contribution < -0.4 is 5.32 Å². The van der Waals surface area contributed by atoms with Crippen LogP contribution in [0.4, 0.5) is 5.82 Å². The number of rotatable bonds is 7. The molecule has 2 aromatic rings. The maximum atomic E-state index is 12.7. The molecule has 0 radical (unpaired) electrons. The summed E-state index contributed by atoms with van der Waals surface area (Å²) in [5.74, 6) is 0.796. The molecular weight excluding hydrogens is 324 g/mol. The highest BCUT2D eigenvalue weighted by atomic mass is 32.1. The fourth-order valence-electron chi connectivity index (χ4n) is 2.44. The summed E-state index contributed by atoms with van der Waals surface area (Å²) in [6.07, 6.45) is 2.46. The Morgan fingerprint density at radius 2 is 2.12 bits per heavy atom. The molecule has 0 aliphatic carbocycles. The van der Waals surface area contributed by atoms with Gasteiger partial charge in [-0.3, -0.25) is 4.79 Å². The van der Waals surface area contributed by atoms with Gasteiger partial charge in [-0.15, -0.1) is 11.3 Å². The van der Waals surface area contributed by atoms with Gasteiger partial charge in [-0.2, -0.15) is 0 Å². The van der Waals surface area contributed by atoms with E-state index in [0.29, 0.717) is 6.61 Å². The number of carbonyl (C=O) groups excluding carboxylic acids is 1. The van der Waals surface area contributed by atoms with Crippen LogP contribution in [0.2, 0.25) is 0 Å². The lowest BCUT2D eigenvalue weighted by Crippen LogP contribution is -2.32. The number of amides is 1. The number of anilines is 1. The number of thiophene rings is 1. The van der Waals surface area contributed by atoms with Crippen molar-refractivity contribution in [3.63, 3.8) is 0 Å². The highest BCUT2D eigenvalue weighted by Gasteiger charge is 2.23. The van der Waals surface area contributed by atoms with Gasteiger partial charge in [0.15, 0.2) is 0 Å². The SMILES string of the molecule is CC[C@@H](COC)Nc1ncnc2sc(C(=O)N(C)C(C)C)c(C)c12. The maximum absolute atomic E-state index is 12.7. The van der Waals surface area contributed by atoms with Crippen LogP contribution in [0.3, 0.4) is 0 Å². The Kier molecular flexibility index (Phi) is 6.12. The van der Waals surface area contributed by atoms with E-state index in [4.69, 9.17) is 4.74 Å². The number of aryl methyl sites for hydroxylation is 1. The van der Waals surface area contributed by atoms with Gasteiger partial charge in [0, 0.05) is 20.2 Å². The van der Waals surface area contributed by atoms with Crippen LogP contribution in [-0.2, 0) is 4.74 Å². The molecule has 2 heterocycles. The zero-order valence-electron chi connectivity index (χ0n) is 15.2. The lowest BCUT2D eigenvalue weighted by molar-refractivity contribution is 0.0759. The molecule has 7 heteroatoms. The molecule has 132 valence electrons. The van der Waals surface area contributed by atoms with Crippen molar-refractivity contribution in [1.29, 1.82) is 0 Å². The number of carbonyl (C=O) groups is 1. The first-order valence-electron chi connectivity index (χ1n) is 8.17. The highest BCUT2D eigenvalue weighted by molar-refractivity contribution is 7.20. The molecule has 2 aromatic heterocycles. The molecule has 2 rings (SSSR count). The summed E-state index contributed by atoms with van der Waals surface area (Å²) >= 11 is 1.43. The number of hydrogen-bond acceptors (Lipinski definition) is 6. The Bertz CT molecular complexity index is 714. The molecule has 6 nitrogen and oxygen atoms in total. The van der Waals surface area contributed by atoms with Gasteiger partial charge in [0.2, 0.25) is 0 Å². The summed E-state index contributed by atoms with van der Waals surface area (Å²) in [5.41, 5.74) is 0.933. The first-order chi connectivity index (χ1) is 11.4. The van der Waals surface area contributed by atoms with E-state index in [0.717, 1.165) is 32.9 Å². The molecule has 0 aliphatic rings. The van der Waals surface area contributed by atoms with Gasteiger partial charge < -0.3 is 15.0 Å². The molecule has 0 saturated carbocycles. The summed E-state index contributed by atoms with van der Waals surface area (Å²) in [6, 6.07) is 0.321. The molecule has 0 fully saturated rings. The number of ether oxygens (including phenoxy) is 1. The van der Waals surface area contributed by atoms with Gasteiger partial charge in [0.1, 0.15) is 17.0 Å². The van der Waals surface area contributed by atoms with E-state index in [1.807, 2.05) is 27.8 Å². The van der Waals surface area contributed by atoms with Gasteiger partial charge in [-0.1, -0.05) is 6.92 Å². The van der Waals surface area contributed by atoms with E-state index in [2.05, 4.69) is 22.2 Å². The van der Waals surface area contributed by atoms with Gasteiger partial charge in [0.05, 0.1) is 22.9 Å². The predicted molar refractivity (Wildman–Crippen MR) is 99.0 cm³/mol. The van der Waals surface area contributed by atoms with E-state index in [1.54, 1.807) is 18.3 Å². The van der Waals surface area contributed by atoms with E-state index in [9.17, 15) is 4.79 Å². The van der Waals surface area contributed by atoms with Crippen LogP contribution in [0, 0.1) is 6.92 Å². The van der Waals surface area contributed by atoms with Crippen LogP contribution >= 0.6 is 11.3 Å². The van der Waals surface area contributed by atoms with Crippen molar-refractivity contribution in [2.45, 2.75) is 46.2 Å². The van der Waals surface area contributed by atoms with Crippen molar-refractivity contribution in [3.8, 4) is 0 Å². The number of methoxy groups -OCH3 is 1.